The Bertz CT molecular complexity index is 1050. The largest absolute Gasteiger partial charge is 0.465 e. The number of anilines is 2. The molecule has 1 amide bonds. The predicted octanol–water partition coefficient (Wildman–Crippen LogP) is 3.11. The summed E-state index contributed by atoms with van der Waals surface area (Å²) >= 11 is 3.45. The Labute approximate surface area is 182 Å². The monoisotopic (exact) mass is 472 g/mol. The molecule has 0 aromatic heterocycles. The number of ether oxygens (including phenoxy) is 2. The average Bonchev–Trinajstić information content (AvgIpc) is 3.15. The number of amides is 1. The standard InChI is InChI=1S/C22H21BrN2O5/c1-4-29-19(27)21(20(28)30-5-2)14-8-6-7-9-16(14)24-22(21)15-12-13(23)10-11-17(15)25(3)18(22)26/h6-12,24H,4-5H2,1-3H3/t22-/m0/s1. The van der Waals surface area contributed by atoms with Crippen molar-refractivity contribution in [1.82, 2.24) is 0 Å². The minimum absolute atomic E-state index is 0.0492. The van der Waals surface area contributed by atoms with E-state index in [4.69, 9.17) is 9.47 Å². The molecule has 1 atom stereocenters. The summed E-state index contributed by atoms with van der Waals surface area (Å²) in [7, 11) is 1.62. The van der Waals surface area contributed by atoms with Gasteiger partial charge in [-0.3, -0.25) is 14.4 Å². The Morgan fingerprint density at radius 3 is 2.30 bits per heavy atom. The first-order valence-electron chi connectivity index (χ1n) is 9.66. The Morgan fingerprint density at radius 2 is 1.67 bits per heavy atom. The summed E-state index contributed by atoms with van der Waals surface area (Å²) in [5.41, 5.74) is -1.80. The van der Waals surface area contributed by atoms with E-state index >= 15 is 0 Å². The molecule has 0 saturated carbocycles. The van der Waals surface area contributed by atoms with E-state index in [-0.39, 0.29) is 13.2 Å². The molecular formula is C22H21BrN2O5. The van der Waals surface area contributed by atoms with Crippen LogP contribution in [0.5, 0.6) is 0 Å². The molecule has 2 aromatic carbocycles. The molecule has 0 aliphatic carbocycles. The number of carbonyl (C=O) groups is 3. The van der Waals surface area contributed by atoms with Gasteiger partial charge in [0.2, 0.25) is 5.41 Å². The zero-order valence-electron chi connectivity index (χ0n) is 16.8. The lowest BCUT2D eigenvalue weighted by atomic mass is 9.64. The smallest absolute Gasteiger partial charge is 0.331 e. The fourth-order valence-corrected chi connectivity index (χ4v) is 4.93. The molecule has 7 nitrogen and oxygen atoms in total. The number of carbonyl (C=O) groups excluding carboxylic acids is 3. The van der Waals surface area contributed by atoms with Crippen LogP contribution in [-0.4, -0.2) is 38.1 Å². The van der Waals surface area contributed by atoms with Gasteiger partial charge in [0.25, 0.3) is 5.91 Å². The fraction of sp³-hybridized carbons (Fsp3) is 0.318. The van der Waals surface area contributed by atoms with Crippen molar-refractivity contribution in [1.29, 1.82) is 0 Å². The van der Waals surface area contributed by atoms with Gasteiger partial charge in [-0.05, 0) is 38.1 Å². The van der Waals surface area contributed by atoms with E-state index in [1.807, 2.05) is 0 Å². The molecule has 2 heterocycles. The second-order valence-corrected chi connectivity index (χ2v) is 8.05. The number of halogens is 1. The summed E-state index contributed by atoms with van der Waals surface area (Å²) < 4.78 is 11.5. The first-order chi connectivity index (χ1) is 14.4. The molecule has 0 saturated heterocycles. The summed E-state index contributed by atoms with van der Waals surface area (Å²) in [6, 6.07) is 12.2. The number of para-hydroxylation sites is 1. The fourth-order valence-electron chi connectivity index (χ4n) is 4.57. The molecule has 1 spiro atoms. The first kappa shape index (κ1) is 20.4. The van der Waals surface area contributed by atoms with E-state index in [1.165, 1.54) is 4.90 Å². The molecule has 0 radical (unpaired) electrons. The molecule has 2 aromatic rings. The number of benzene rings is 2. The van der Waals surface area contributed by atoms with Crippen molar-refractivity contribution < 1.29 is 23.9 Å². The van der Waals surface area contributed by atoms with Crippen molar-refractivity contribution >= 4 is 45.2 Å². The van der Waals surface area contributed by atoms with Gasteiger partial charge in [-0.15, -0.1) is 0 Å². The van der Waals surface area contributed by atoms with Crippen molar-refractivity contribution in [3.05, 3.63) is 58.1 Å². The van der Waals surface area contributed by atoms with Crippen LogP contribution in [-0.2, 0) is 34.8 Å². The highest BCUT2D eigenvalue weighted by atomic mass is 79.9. The topological polar surface area (TPSA) is 84.9 Å². The third-order valence-corrected chi connectivity index (χ3v) is 6.22. The second-order valence-electron chi connectivity index (χ2n) is 7.14. The minimum Gasteiger partial charge on any atom is -0.465 e. The lowest BCUT2D eigenvalue weighted by molar-refractivity contribution is -0.170. The van der Waals surface area contributed by atoms with Gasteiger partial charge in [0.05, 0.1) is 13.2 Å². The lowest BCUT2D eigenvalue weighted by Crippen LogP contribution is -2.64. The van der Waals surface area contributed by atoms with Crippen LogP contribution in [0, 0.1) is 0 Å². The van der Waals surface area contributed by atoms with Crippen LogP contribution >= 0.6 is 15.9 Å². The number of esters is 2. The molecule has 0 bridgehead atoms. The minimum atomic E-state index is -2.03. The second kappa shape index (κ2) is 7.12. The molecule has 0 fully saturated rings. The Balaban J connectivity index is 2.14. The Hall–Kier alpha value is -2.87. The predicted molar refractivity (Wildman–Crippen MR) is 114 cm³/mol. The first-order valence-corrected chi connectivity index (χ1v) is 10.5. The van der Waals surface area contributed by atoms with Gasteiger partial charge < -0.3 is 19.7 Å². The zero-order chi connectivity index (χ0) is 21.7. The van der Waals surface area contributed by atoms with Gasteiger partial charge in [-0.25, -0.2) is 0 Å². The van der Waals surface area contributed by atoms with Gasteiger partial charge >= 0.3 is 11.9 Å². The lowest BCUT2D eigenvalue weighted by Gasteiger charge is -2.38. The van der Waals surface area contributed by atoms with Crippen LogP contribution < -0.4 is 10.2 Å². The van der Waals surface area contributed by atoms with Gasteiger partial charge in [0.1, 0.15) is 0 Å². The van der Waals surface area contributed by atoms with Crippen molar-refractivity contribution in [2.75, 3.05) is 30.5 Å². The normalized spacial score (nSPS) is 20.5. The highest BCUT2D eigenvalue weighted by Crippen LogP contribution is 2.59. The number of likely N-dealkylation sites (N-methyl/N-ethyl adjacent to an activating group) is 1. The van der Waals surface area contributed by atoms with Crippen molar-refractivity contribution in [2.24, 2.45) is 0 Å². The van der Waals surface area contributed by atoms with Crippen LogP contribution in [0.4, 0.5) is 11.4 Å². The third-order valence-electron chi connectivity index (χ3n) is 5.73. The number of nitrogens with zero attached hydrogens (tertiary/aromatic N) is 1. The molecule has 2 aliphatic rings. The van der Waals surface area contributed by atoms with Gasteiger partial charge in [0, 0.05) is 34.0 Å². The number of nitrogens with one attached hydrogen (secondary N) is 1. The molecule has 0 unspecified atom stereocenters. The Morgan fingerprint density at radius 1 is 1.03 bits per heavy atom. The van der Waals surface area contributed by atoms with Crippen molar-refractivity contribution in [2.45, 2.75) is 24.8 Å². The molecule has 8 heteroatoms. The summed E-state index contributed by atoms with van der Waals surface area (Å²) in [4.78, 5) is 42.5. The van der Waals surface area contributed by atoms with Crippen LogP contribution in [0.1, 0.15) is 25.0 Å². The summed E-state index contributed by atoms with van der Waals surface area (Å²) in [6.07, 6.45) is 0. The van der Waals surface area contributed by atoms with Crippen molar-refractivity contribution in [3.63, 3.8) is 0 Å². The van der Waals surface area contributed by atoms with Gasteiger partial charge in [-0.2, -0.15) is 0 Å². The SMILES string of the molecule is CCOC(=O)C1(C(=O)OCC)c2ccccc2N[C@@]12C(=O)N(C)c1ccc(Br)cc12. The van der Waals surface area contributed by atoms with E-state index in [1.54, 1.807) is 63.4 Å². The molecule has 156 valence electrons. The highest BCUT2D eigenvalue weighted by molar-refractivity contribution is 9.10. The van der Waals surface area contributed by atoms with Gasteiger partial charge in [0.15, 0.2) is 5.54 Å². The third kappa shape index (κ3) is 2.34. The van der Waals surface area contributed by atoms with E-state index in [0.717, 1.165) is 0 Å². The van der Waals surface area contributed by atoms with E-state index in [9.17, 15) is 14.4 Å². The molecule has 30 heavy (non-hydrogen) atoms. The average molecular weight is 473 g/mol. The summed E-state index contributed by atoms with van der Waals surface area (Å²) in [5, 5.41) is 3.23. The summed E-state index contributed by atoms with van der Waals surface area (Å²) in [6.45, 7) is 3.41. The summed E-state index contributed by atoms with van der Waals surface area (Å²) in [5.74, 6) is -2.08. The highest BCUT2D eigenvalue weighted by Gasteiger charge is 2.76. The quantitative estimate of drug-likeness (QED) is 0.543. The van der Waals surface area contributed by atoms with Crippen LogP contribution in [0.25, 0.3) is 0 Å². The zero-order valence-corrected chi connectivity index (χ0v) is 18.4. The van der Waals surface area contributed by atoms with Crippen LogP contribution in [0.15, 0.2) is 46.9 Å². The molecule has 4 rings (SSSR count). The maximum Gasteiger partial charge on any atom is 0.331 e. The number of hydrogen-bond acceptors (Lipinski definition) is 6. The van der Waals surface area contributed by atoms with Gasteiger partial charge in [-0.1, -0.05) is 34.1 Å². The Kier molecular flexibility index (Phi) is 4.85. The maximum absolute atomic E-state index is 13.8. The van der Waals surface area contributed by atoms with E-state index in [2.05, 4.69) is 21.2 Å². The maximum atomic E-state index is 13.8. The van der Waals surface area contributed by atoms with E-state index < -0.39 is 28.8 Å². The number of fused-ring (bicyclic) bond motifs is 3. The molecule has 2 aliphatic heterocycles. The molecule has 1 N–H and O–H groups in total. The van der Waals surface area contributed by atoms with Crippen LogP contribution in [0.3, 0.4) is 0 Å². The molecular weight excluding hydrogens is 452 g/mol. The van der Waals surface area contributed by atoms with E-state index in [0.29, 0.717) is 27.0 Å². The van der Waals surface area contributed by atoms with Crippen molar-refractivity contribution in [3.8, 4) is 0 Å². The number of hydrogen-bond donors (Lipinski definition) is 1. The van der Waals surface area contributed by atoms with Crippen LogP contribution in [0.2, 0.25) is 0 Å². The number of rotatable bonds is 4.